The van der Waals surface area contributed by atoms with E-state index in [4.69, 9.17) is 11.6 Å². The molecule has 5 nitrogen and oxygen atoms in total. The zero-order chi connectivity index (χ0) is 21.6. The Hall–Kier alpha value is -1.61. The summed E-state index contributed by atoms with van der Waals surface area (Å²) in [6.45, 7) is 1.09. The highest BCUT2D eigenvalue weighted by atomic mass is 35.5. The summed E-state index contributed by atoms with van der Waals surface area (Å²) in [6.07, 6.45) is 3.86. The molecule has 0 atom stereocenters. The van der Waals surface area contributed by atoms with Crippen molar-refractivity contribution >= 4 is 45.0 Å². The Morgan fingerprint density at radius 2 is 1.73 bits per heavy atom. The predicted molar refractivity (Wildman–Crippen MR) is 120 cm³/mol. The second-order valence-corrected chi connectivity index (χ2v) is 10.4. The van der Waals surface area contributed by atoms with Gasteiger partial charge in [-0.15, -0.1) is 11.8 Å². The Balaban J connectivity index is 1.54. The van der Waals surface area contributed by atoms with Crippen LogP contribution in [0.25, 0.3) is 0 Å². The number of rotatable bonds is 7. The highest BCUT2D eigenvalue weighted by molar-refractivity contribution is 7.99. The van der Waals surface area contributed by atoms with E-state index in [0.717, 1.165) is 25.7 Å². The SMILES string of the molecule is O=C(CSCc1c(F)cccc1Cl)Nc1ccc(S(=O)(=O)N2CCCCCC2)cc1. The molecule has 9 heteroatoms. The van der Waals surface area contributed by atoms with Crippen molar-refractivity contribution in [2.24, 2.45) is 0 Å². The summed E-state index contributed by atoms with van der Waals surface area (Å²) in [6, 6.07) is 10.7. The maximum Gasteiger partial charge on any atom is 0.243 e. The van der Waals surface area contributed by atoms with Crippen LogP contribution in [0, 0.1) is 5.82 Å². The third kappa shape index (κ3) is 5.97. The van der Waals surface area contributed by atoms with Crippen molar-refractivity contribution in [3.8, 4) is 0 Å². The third-order valence-corrected chi connectivity index (χ3v) is 8.11. The fraction of sp³-hybridized carbons (Fsp3) is 0.381. The van der Waals surface area contributed by atoms with Gasteiger partial charge in [0.05, 0.1) is 10.6 Å². The molecule has 2 aromatic carbocycles. The average Bonchev–Trinajstić information content (AvgIpc) is 3.01. The molecule has 162 valence electrons. The van der Waals surface area contributed by atoms with Gasteiger partial charge >= 0.3 is 0 Å². The van der Waals surface area contributed by atoms with Crippen molar-refractivity contribution in [1.82, 2.24) is 4.31 Å². The van der Waals surface area contributed by atoms with Gasteiger partial charge in [0, 0.05) is 35.1 Å². The zero-order valence-corrected chi connectivity index (χ0v) is 18.8. The molecular weight excluding hydrogens is 447 g/mol. The van der Waals surface area contributed by atoms with Gasteiger partial charge in [-0.1, -0.05) is 30.5 Å². The maximum absolute atomic E-state index is 13.8. The van der Waals surface area contributed by atoms with Gasteiger partial charge in [-0.3, -0.25) is 4.79 Å². The molecule has 0 unspecified atom stereocenters. The van der Waals surface area contributed by atoms with Gasteiger partial charge in [-0.05, 0) is 49.2 Å². The van der Waals surface area contributed by atoms with Crippen LogP contribution in [0.3, 0.4) is 0 Å². The van der Waals surface area contributed by atoms with Crippen LogP contribution >= 0.6 is 23.4 Å². The van der Waals surface area contributed by atoms with E-state index in [1.165, 1.54) is 40.3 Å². The Bertz CT molecular complexity index is 956. The molecule has 0 bridgehead atoms. The number of halogens is 2. The summed E-state index contributed by atoms with van der Waals surface area (Å²) < 4.78 is 40.9. The molecule has 0 saturated carbocycles. The molecule has 1 aliphatic heterocycles. The van der Waals surface area contributed by atoms with Gasteiger partial charge in [0.25, 0.3) is 0 Å². The van der Waals surface area contributed by atoms with E-state index >= 15 is 0 Å². The van der Waals surface area contributed by atoms with Crippen molar-refractivity contribution in [3.63, 3.8) is 0 Å². The first-order valence-corrected chi connectivity index (χ1v) is 12.8. The summed E-state index contributed by atoms with van der Waals surface area (Å²) in [5.41, 5.74) is 0.888. The molecule has 1 saturated heterocycles. The van der Waals surface area contributed by atoms with E-state index in [2.05, 4.69) is 5.32 Å². The van der Waals surface area contributed by atoms with Gasteiger partial charge < -0.3 is 5.32 Å². The Kier molecular flexibility index (Phi) is 8.16. The van der Waals surface area contributed by atoms with Crippen LogP contribution in [-0.4, -0.2) is 37.5 Å². The Morgan fingerprint density at radius 3 is 2.37 bits per heavy atom. The molecule has 0 radical (unpaired) electrons. The monoisotopic (exact) mass is 470 g/mol. The molecule has 1 heterocycles. The van der Waals surface area contributed by atoms with Crippen LogP contribution < -0.4 is 5.32 Å². The summed E-state index contributed by atoms with van der Waals surface area (Å²) in [4.78, 5) is 12.4. The van der Waals surface area contributed by atoms with Crippen LogP contribution in [0.4, 0.5) is 10.1 Å². The highest BCUT2D eigenvalue weighted by Gasteiger charge is 2.25. The number of nitrogens with zero attached hydrogens (tertiary/aromatic N) is 1. The first kappa shape index (κ1) is 23.1. The minimum atomic E-state index is -3.52. The van der Waals surface area contributed by atoms with E-state index in [9.17, 15) is 17.6 Å². The Labute approximate surface area is 186 Å². The van der Waals surface area contributed by atoms with Gasteiger partial charge in [0.2, 0.25) is 15.9 Å². The molecule has 2 aromatic rings. The molecule has 1 amide bonds. The number of carbonyl (C=O) groups excluding carboxylic acids is 1. The van der Waals surface area contributed by atoms with Crippen LogP contribution in [0.5, 0.6) is 0 Å². The molecule has 3 rings (SSSR count). The Morgan fingerprint density at radius 1 is 1.07 bits per heavy atom. The lowest BCUT2D eigenvalue weighted by molar-refractivity contribution is -0.113. The molecule has 1 aliphatic rings. The minimum Gasteiger partial charge on any atom is -0.325 e. The molecule has 0 spiro atoms. The lowest BCUT2D eigenvalue weighted by Crippen LogP contribution is -2.31. The minimum absolute atomic E-state index is 0.124. The van der Waals surface area contributed by atoms with Crippen LogP contribution in [0.1, 0.15) is 31.2 Å². The van der Waals surface area contributed by atoms with E-state index in [1.54, 1.807) is 18.2 Å². The van der Waals surface area contributed by atoms with Crippen molar-refractivity contribution in [1.29, 1.82) is 0 Å². The van der Waals surface area contributed by atoms with E-state index in [1.807, 2.05) is 0 Å². The van der Waals surface area contributed by atoms with Gasteiger partial charge in [-0.25, -0.2) is 12.8 Å². The summed E-state index contributed by atoms with van der Waals surface area (Å²) in [7, 11) is -3.52. The number of amides is 1. The normalized spacial score (nSPS) is 15.5. The van der Waals surface area contributed by atoms with Crippen molar-refractivity contribution in [2.75, 3.05) is 24.2 Å². The molecular formula is C21H24ClFN2O3S2. The second-order valence-electron chi connectivity index (χ2n) is 7.08. The standard InChI is InChI=1S/C21H24ClFN2O3S2/c22-19-6-5-7-20(23)18(19)14-29-15-21(26)24-16-8-10-17(11-9-16)30(27,28)25-12-3-1-2-4-13-25/h5-11H,1-4,12-15H2,(H,24,26). The van der Waals surface area contributed by atoms with E-state index < -0.39 is 15.8 Å². The third-order valence-electron chi connectivity index (χ3n) is 4.88. The summed E-state index contributed by atoms with van der Waals surface area (Å²) in [5, 5.41) is 3.07. The fourth-order valence-electron chi connectivity index (χ4n) is 3.25. The summed E-state index contributed by atoms with van der Waals surface area (Å²) in [5.74, 6) is -0.239. The molecule has 1 fully saturated rings. The molecule has 0 aromatic heterocycles. The van der Waals surface area contributed by atoms with E-state index in [0.29, 0.717) is 29.4 Å². The maximum atomic E-state index is 13.8. The smallest absolute Gasteiger partial charge is 0.243 e. The van der Waals surface area contributed by atoms with Crippen molar-refractivity contribution < 1.29 is 17.6 Å². The number of hydrogen-bond donors (Lipinski definition) is 1. The number of anilines is 1. The summed E-state index contributed by atoms with van der Waals surface area (Å²) >= 11 is 7.24. The number of nitrogens with one attached hydrogen (secondary N) is 1. The average molecular weight is 471 g/mol. The first-order valence-electron chi connectivity index (χ1n) is 9.78. The van der Waals surface area contributed by atoms with Gasteiger partial charge in [0.15, 0.2) is 0 Å². The topological polar surface area (TPSA) is 66.5 Å². The van der Waals surface area contributed by atoms with Crippen LogP contribution in [0.2, 0.25) is 5.02 Å². The fourth-order valence-corrected chi connectivity index (χ4v) is 5.94. The lowest BCUT2D eigenvalue weighted by Gasteiger charge is -2.20. The van der Waals surface area contributed by atoms with Crippen molar-refractivity contribution in [2.45, 2.75) is 36.3 Å². The van der Waals surface area contributed by atoms with E-state index in [-0.39, 0.29) is 22.3 Å². The van der Waals surface area contributed by atoms with Crippen LogP contribution in [0.15, 0.2) is 47.4 Å². The highest BCUT2D eigenvalue weighted by Crippen LogP contribution is 2.25. The largest absolute Gasteiger partial charge is 0.325 e. The number of hydrogen-bond acceptors (Lipinski definition) is 4. The second kappa shape index (κ2) is 10.6. The molecule has 1 N–H and O–H groups in total. The predicted octanol–water partition coefficient (Wildman–Crippen LogP) is 4.92. The first-order chi connectivity index (χ1) is 14.4. The number of benzene rings is 2. The lowest BCUT2D eigenvalue weighted by atomic mass is 10.2. The number of thioether (sulfide) groups is 1. The zero-order valence-electron chi connectivity index (χ0n) is 16.4. The molecule has 30 heavy (non-hydrogen) atoms. The number of carbonyl (C=O) groups is 1. The van der Waals surface area contributed by atoms with Gasteiger partial charge in [-0.2, -0.15) is 4.31 Å². The molecule has 0 aliphatic carbocycles. The van der Waals surface area contributed by atoms with Crippen LogP contribution in [-0.2, 0) is 20.6 Å². The quantitative estimate of drug-likeness (QED) is 0.624. The number of sulfonamides is 1. The van der Waals surface area contributed by atoms with Crippen molar-refractivity contribution in [3.05, 3.63) is 58.9 Å². The van der Waals surface area contributed by atoms with Gasteiger partial charge in [0.1, 0.15) is 5.82 Å².